The Labute approximate surface area is 112 Å². The standard InChI is InChI=1S/C14H18N4O/c1-9-5-6-12(10(2)16-9)14-17-13(18-19-14)11-4-3-7-15-8-11/h5-6,11,15H,3-4,7-8H2,1-2H3. The summed E-state index contributed by atoms with van der Waals surface area (Å²) in [5.41, 5.74) is 2.85. The molecule has 0 amide bonds. The van der Waals surface area contributed by atoms with Crippen molar-refractivity contribution in [3.8, 4) is 11.5 Å². The van der Waals surface area contributed by atoms with Crippen LogP contribution in [-0.2, 0) is 0 Å². The number of aromatic nitrogens is 3. The first-order valence-corrected chi connectivity index (χ1v) is 6.73. The summed E-state index contributed by atoms with van der Waals surface area (Å²) in [6.07, 6.45) is 2.29. The third kappa shape index (κ3) is 2.51. The summed E-state index contributed by atoms with van der Waals surface area (Å²) in [7, 11) is 0. The van der Waals surface area contributed by atoms with Gasteiger partial charge in [0.25, 0.3) is 5.89 Å². The number of aryl methyl sites for hydroxylation is 2. The van der Waals surface area contributed by atoms with Gasteiger partial charge in [0, 0.05) is 18.2 Å². The quantitative estimate of drug-likeness (QED) is 0.894. The van der Waals surface area contributed by atoms with E-state index in [1.54, 1.807) is 0 Å². The Morgan fingerprint density at radius 2 is 2.16 bits per heavy atom. The SMILES string of the molecule is Cc1ccc(-c2nc(C3CCCNC3)no2)c(C)n1. The van der Waals surface area contributed by atoms with Crippen LogP contribution in [0.3, 0.4) is 0 Å². The number of nitrogens with one attached hydrogen (secondary N) is 1. The molecule has 5 heteroatoms. The summed E-state index contributed by atoms with van der Waals surface area (Å²) in [6.45, 7) is 5.96. The number of hydrogen-bond donors (Lipinski definition) is 1. The van der Waals surface area contributed by atoms with E-state index < -0.39 is 0 Å². The van der Waals surface area contributed by atoms with Crippen molar-refractivity contribution >= 4 is 0 Å². The van der Waals surface area contributed by atoms with Gasteiger partial charge < -0.3 is 9.84 Å². The van der Waals surface area contributed by atoms with Gasteiger partial charge in [0.15, 0.2) is 5.82 Å². The first kappa shape index (κ1) is 12.3. The number of pyridine rings is 1. The molecule has 0 radical (unpaired) electrons. The lowest BCUT2D eigenvalue weighted by Crippen LogP contribution is -2.28. The van der Waals surface area contributed by atoms with Gasteiger partial charge >= 0.3 is 0 Å². The van der Waals surface area contributed by atoms with E-state index in [9.17, 15) is 0 Å². The normalized spacial score (nSPS) is 19.6. The van der Waals surface area contributed by atoms with Crippen LogP contribution in [0.2, 0.25) is 0 Å². The molecule has 1 N–H and O–H groups in total. The van der Waals surface area contributed by atoms with Gasteiger partial charge in [0.05, 0.1) is 11.3 Å². The smallest absolute Gasteiger partial charge is 0.259 e. The van der Waals surface area contributed by atoms with Crippen molar-refractivity contribution in [2.24, 2.45) is 0 Å². The first-order chi connectivity index (χ1) is 9.24. The second-order valence-corrected chi connectivity index (χ2v) is 5.09. The molecule has 0 bridgehead atoms. The number of rotatable bonds is 2. The van der Waals surface area contributed by atoms with E-state index >= 15 is 0 Å². The molecule has 5 nitrogen and oxygen atoms in total. The van der Waals surface area contributed by atoms with E-state index in [0.29, 0.717) is 11.8 Å². The van der Waals surface area contributed by atoms with Crippen molar-refractivity contribution in [2.45, 2.75) is 32.6 Å². The van der Waals surface area contributed by atoms with Crippen LogP contribution in [-0.4, -0.2) is 28.2 Å². The molecule has 100 valence electrons. The Morgan fingerprint density at radius 3 is 2.89 bits per heavy atom. The van der Waals surface area contributed by atoms with Crippen LogP contribution < -0.4 is 5.32 Å². The zero-order valence-corrected chi connectivity index (χ0v) is 11.3. The van der Waals surface area contributed by atoms with E-state index in [0.717, 1.165) is 42.3 Å². The summed E-state index contributed by atoms with van der Waals surface area (Å²) >= 11 is 0. The third-order valence-corrected chi connectivity index (χ3v) is 3.56. The molecular weight excluding hydrogens is 240 g/mol. The van der Waals surface area contributed by atoms with Crippen molar-refractivity contribution in [2.75, 3.05) is 13.1 Å². The number of piperidine rings is 1. The van der Waals surface area contributed by atoms with Crippen LogP contribution in [0.5, 0.6) is 0 Å². The zero-order chi connectivity index (χ0) is 13.2. The summed E-state index contributed by atoms with van der Waals surface area (Å²) in [6, 6.07) is 3.96. The van der Waals surface area contributed by atoms with Crippen LogP contribution in [0.25, 0.3) is 11.5 Å². The Morgan fingerprint density at radius 1 is 1.26 bits per heavy atom. The number of nitrogens with zero attached hydrogens (tertiary/aromatic N) is 3. The van der Waals surface area contributed by atoms with Gasteiger partial charge in [-0.05, 0) is 45.4 Å². The molecule has 3 rings (SSSR count). The van der Waals surface area contributed by atoms with Crippen molar-refractivity contribution in [3.63, 3.8) is 0 Å². The van der Waals surface area contributed by atoms with Crippen LogP contribution in [0, 0.1) is 13.8 Å². The van der Waals surface area contributed by atoms with E-state index in [1.165, 1.54) is 6.42 Å². The molecule has 0 saturated carbocycles. The summed E-state index contributed by atoms with van der Waals surface area (Å²) in [5.74, 6) is 1.75. The van der Waals surface area contributed by atoms with Gasteiger partial charge in [-0.25, -0.2) is 0 Å². The minimum atomic E-state index is 0.366. The van der Waals surface area contributed by atoms with Crippen molar-refractivity contribution < 1.29 is 4.52 Å². The molecule has 0 aliphatic carbocycles. The highest BCUT2D eigenvalue weighted by Gasteiger charge is 2.21. The molecule has 1 unspecified atom stereocenters. The summed E-state index contributed by atoms with van der Waals surface area (Å²) in [4.78, 5) is 8.97. The molecule has 0 aromatic carbocycles. The molecule has 2 aromatic heterocycles. The maximum Gasteiger partial charge on any atom is 0.259 e. The minimum Gasteiger partial charge on any atom is -0.334 e. The molecule has 2 aromatic rings. The van der Waals surface area contributed by atoms with Gasteiger partial charge in [0.2, 0.25) is 0 Å². The Kier molecular flexibility index (Phi) is 3.29. The van der Waals surface area contributed by atoms with Gasteiger partial charge in [0.1, 0.15) is 0 Å². The highest BCUT2D eigenvalue weighted by molar-refractivity contribution is 5.55. The lowest BCUT2D eigenvalue weighted by molar-refractivity contribution is 0.393. The average molecular weight is 258 g/mol. The van der Waals surface area contributed by atoms with Crippen LogP contribution in [0.4, 0.5) is 0 Å². The summed E-state index contributed by atoms with van der Waals surface area (Å²) in [5, 5.41) is 7.49. The molecule has 1 aliphatic rings. The molecule has 1 atom stereocenters. The Bertz CT molecular complexity index is 573. The maximum absolute atomic E-state index is 5.40. The van der Waals surface area contributed by atoms with Crippen LogP contribution in [0.15, 0.2) is 16.7 Å². The maximum atomic E-state index is 5.40. The fourth-order valence-corrected chi connectivity index (χ4v) is 2.49. The Balaban J connectivity index is 1.87. The largest absolute Gasteiger partial charge is 0.334 e. The predicted molar refractivity (Wildman–Crippen MR) is 71.8 cm³/mol. The third-order valence-electron chi connectivity index (χ3n) is 3.56. The fourth-order valence-electron chi connectivity index (χ4n) is 2.49. The first-order valence-electron chi connectivity index (χ1n) is 6.73. The average Bonchev–Trinajstić information content (AvgIpc) is 2.89. The van der Waals surface area contributed by atoms with Crippen molar-refractivity contribution in [3.05, 3.63) is 29.3 Å². The van der Waals surface area contributed by atoms with Crippen LogP contribution in [0.1, 0.15) is 36.0 Å². The zero-order valence-electron chi connectivity index (χ0n) is 11.3. The van der Waals surface area contributed by atoms with Gasteiger partial charge in [-0.3, -0.25) is 4.98 Å². The molecule has 1 saturated heterocycles. The number of hydrogen-bond acceptors (Lipinski definition) is 5. The summed E-state index contributed by atoms with van der Waals surface area (Å²) < 4.78 is 5.40. The van der Waals surface area contributed by atoms with E-state index in [4.69, 9.17) is 4.52 Å². The monoisotopic (exact) mass is 258 g/mol. The molecule has 0 spiro atoms. The van der Waals surface area contributed by atoms with Gasteiger partial charge in [-0.15, -0.1) is 0 Å². The van der Waals surface area contributed by atoms with Gasteiger partial charge in [-0.1, -0.05) is 5.16 Å². The molecule has 3 heterocycles. The molecule has 1 aliphatic heterocycles. The van der Waals surface area contributed by atoms with Crippen LogP contribution >= 0.6 is 0 Å². The van der Waals surface area contributed by atoms with Crippen molar-refractivity contribution in [1.82, 2.24) is 20.4 Å². The molecule has 19 heavy (non-hydrogen) atoms. The minimum absolute atomic E-state index is 0.366. The lowest BCUT2D eigenvalue weighted by atomic mass is 9.99. The topological polar surface area (TPSA) is 63.8 Å². The molecular formula is C14H18N4O. The highest BCUT2D eigenvalue weighted by Crippen LogP contribution is 2.25. The predicted octanol–water partition coefficient (Wildman–Crippen LogP) is 2.22. The lowest BCUT2D eigenvalue weighted by Gasteiger charge is -2.19. The van der Waals surface area contributed by atoms with E-state index in [-0.39, 0.29) is 0 Å². The van der Waals surface area contributed by atoms with Gasteiger partial charge in [-0.2, -0.15) is 4.98 Å². The van der Waals surface area contributed by atoms with E-state index in [1.807, 2.05) is 26.0 Å². The second-order valence-electron chi connectivity index (χ2n) is 5.09. The Hall–Kier alpha value is -1.75. The molecule has 1 fully saturated rings. The second kappa shape index (κ2) is 5.09. The van der Waals surface area contributed by atoms with E-state index in [2.05, 4.69) is 20.4 Å². The van der Waals surface area contributed by atoms with Crippen molar-refractivity contribution in [1.29, 1.82) is 0 Å². The fraction of sp³-hybridized carbons (Fsp3) is 0.500. The highest BCUT2D eigenvalue weighted by atomic mass is 16.5.